The molecule has 1 aliphatic carbocycles. The minimum atomic E-state index is -0.331. The summed E-state index contributed by atoms with van der Waals surface area (Å²) in [6, 6.07) is 5.38. The molecule has 36 heavy (non-hydrogen) atoms. The summed E-state index contributed by atoms with van der Waals surface area (Å²) in [5.74, 6) is 2.73. The molecule has 1 fully saturated rings. The van der Waals surface area contributed by atoms with Gasteiger partial charge < -0.3 is 24.5 Å². The zero-order chi connectivity index (χ0) is 25.8. The molecule has 0 bridgehead atoms. The normalized spacial score (nSPS) is 17.7. The molecule has 9 nitrogen and oxygen atoms in total. The highest BCUT2D eigenvalue weighted by molar-refractivity contribution is 5.87. The van der Waals surface area contributed by atoms with Crippen molar-refractivity contribution in [3.63, 3.8) is 0 Å². The predicted octanol–water partition coefficient (Wildman–Crippen LogP) is 4.60. The number of anilines is 1. The monoisotopic (exact) mass is 494 g/mol. The largest absolute Gasteiger partial charge is 0.497 e. The average molecular weight is 495 g/mol. The van der Waals surface area contributed by atoms with Crippen LogP contribution in [-0.4, -0.2) is 48.1 Å². The molecule has 1 aromatic carbocycles. The summed E-state index contributed by atoms with van der Waals surface area (Å²) < 4.78 is 16.1. The summed E-state index contributed by atoms with van der Waals surface area (Å²) in [6.07, 6.45) is 5.71. The number of carbonyl (C=O) groups excluding carboxylic acids is 1. The number of benzene rings is 1. The number of ether oxygens (including phenoxy) is 3. The number of nitrogens with one attached hydrogen (secondary N) is 2. The molecule has 9 heteroatoms. The Labute approximate surface area is 210 Å². The third kappa shape index (κ3) is 5.45. The van der Waals surface area contributed by atoms with Crippen molar-refractivity contribution in [1.82, 2.24) is 15.0 Å². The SMILES string of the molecule is COc1cnc(-c2nc3cc(OC)cc(OC)c3c(=O)[nH]2)c(NC2CCC(C(=O)CC(C)C)CC2)c1. The van der Waals surface area contributed by atoms with E-state index in [0.29, 0.717) is 63.5 Å². The number of fused-ring (bicyclic) bond motifs is 1. The summed E-state index contributed by atoms with van der Waals surface area (Å²) in [7, 11) is 4.63. The lowest BCUT2D eigenvalue weighted by molar-refractivity contribution is -0.124. The molecule has 1 aliphatic rings. The summed E-state index contributed by atoms with van der Waals surface area (Å²) in [5, 5.41) is 3.91. The lowest BCUT2D eigenvalue weighted by atomic mass is 9.81. The van der Waals surface area contributed by atoms with Gasteiger partial charge in [0.1, 0.15) is 34.1 Å². The molecule has 0 amide bonds. The molecule has 0 unspecified atom stereocenters. The van der Waals surface area contributed by atoms with Gasteiger partial charge in [-0.1, -0.05) is 13.8 Å². The zero-order valence-corrected chi connectivity index (χ0v) is 21.5. The van der Waals surface area contributed by atoms with Crippen molar-refractivity contribution in [2.45, 2.75) is 52.0 Å². The van der Waals surface area contributed by atoms with E-state index < -0.39 is 0 Å². The molecule has 2 N–H and O–H groups in total. The van der Waals surface area contributed by atoms with Crippen LogP contribution in [0.1, 0.15) is 46.0 Å². The van der Waals surface area contributed by atoms with Crippen molar-refractivity contribution in [3.05, 3.63) is 34.7 Å². The Kier molecular flexibility index (Phi) is 7.76. The standard InChI is InChI=1S/C27H34N4O5/c1-15(2)10-22(32)16-6-8-17(9-7-16)29-21-12-19(35-4)14-28-25(21)26-30-20-11-18(34-3)13-23(36-5)24(20)27(33)31-26/h11-17,29H,6-10H2,1-5H3,(H,30,31,33). The topological polar surface area (TPSA) is 115 Å². The van der Waals surface area contributed by atoms with E-state index in [0.717, 1.165) is 25.7 Å². The van der Waals surface area contributed by atoms with Crippen molar-refractivity contribution < 1.29 is 19.0 Å². The summed E-state index contributed by atoms with van der Waals surface area (Å²) >= 11 is 0. The van der Waals surface area contributed by atoms with E-state index in [-0.39, 0.29) is 17.5 Å². The molecular weight excluding hydrogens is 460 g/mol. The fraction of sp³-hybridized carbons (Fsp3) is 0.481. The van der Waals surface area contributed by atoms with Gasteiger partial charge in [0, 0.05) is 36.6 Å². The predicted molar refractivity (Wildman–Crippen MR) is 139 cm³/mol. The molecule has 4 rings (SSSR count). The maximum Gasteiger partial charge on any atom is 0.262 e. The fourth-order valence-corrected chi connectivity index (χ4v) is 4.81. The number of rotatable bonds is 9. The number of carbonyl (C=O) groups is 1. The Morgan fingerprint density at radius 2 is 1.78 bits per heavy atom. The van der Waals surface area contributed by atoms with E-state index in [4.69, 9.17) is 19.2 Å². The van der Waals surface area contributed by atoms with Gasteiger partial charge in [-0.3, -0.25) is 9.59 Å². The Morgan fingerprint density at radius 1 is 1.06 bits per heavy atom. The van der Waals surface area contributed by atoms with Gasteiger partial charge in [0.2, 0.25) is 0 Å². The summed E-state index contributed by atoms with van der Waals surface area (Å²) in [6.45, 7) is 4.17. The van der Waals surface area contributed by atoms with Gasteiger partial charge in [0.15, 0.2) is 5.82 Å². The molecule has 0 radical (unpaired) electrons. The van der Waals surface area contributed by atoms with Gasteiger partial charge in [-0.25, -0.2) is 9.97 Å². The number of methoxy groups -OCH3 is 3. The molecule has 0 saturated heterocycles. The van der Waals surface area contributed by atoms with Crippen molar-refractivity contribution in [1.29, 1.82) is 0 Å². The van der Waals surface area contributed by atoms with Gasteiger partial charge >= 0.3 is 0 Å². The smallest absolute Gasteiger partial charge is 0.262 e. The highest BCUT2D eigenvalue weighted by Crippen LogP contribution is 2.34. The summed E-state index contributed by atoms with van der Waals surface area (Å²) in [4.78, 5) is 37.7. The lowest BCUT2D eigenvalue weighted by Gasteiger charge is -2.30. The van der Waals surface area contributed by atoms with Crippen molar-refractivity contribution in [3.8, 4) is 28.8 Å². The third-order valence-corrected chi connectivity index (χ3v) is 6.68. The quantitative estimate of drug-likeness (QED) is 0.444. The van der Waals surface area contributed by atoms with E-state index >= 15 is 0 Å². The van der Waals surface area contributed by atoms with Gasteiger partial charge in [-0.05, 0) is 31.6 Å². The van der Waals surface area contributed by atoms with Gasteiger partial charge in [0.25, 0.3) is 5.56 Å². The Morgan fingerprint density at radius 3 is 2.42 bits per heavy atom. The summed E-state index contributed by atoms with van der Waals surface area (Å²) in [5.41, 5.74) is 1.33. The maximum atomic E-state index is 13.0. The number of Topliss-reactive ketones (excluding diaryl/α,β-unsaturated/α-hetero) is 1. The van der Waals surface area contributed by atoms with Gasteiger partial charge in [0.05, 0.1) is 38.7 Å². The van der Waals surface area contributed by atoms with Crippen LogP contribution in [0, 0.1) is 11.8 Å². The molecule has 1 saturated carbocycles. The second kappa shape index (κ2) is 11.0. The van der Waals surface area contributed by atoms with Crippen LogP contribution < -0.4 is 25.1 Å². The molecular formula is C27H34N4O5. The molecule has 2 aromatic heterocycles. The molecule has 3 aromatic rings. The first-order valence-corrected chi connectivity index (χ1v) is 12.3. The van der Waals surface area contributed by atoms with Crippen LogP contribution >= 0.6 is 0 Å². The Bertz CT molecular complexity index is 1300. The molecule has 0 spiro atoms. The number of aromatic amines is 1. The van der Waals surface area contributed by atoms with Crippen LogP contribution in [0.15, 0.2) is 29.2 Å². The highest BCUT2D eigenvalue weighted by atomic mass is 16.5. The number of hydrogen-bond donors (Lipinski definition) is 2. The number of H-pyrrole nitrogens is 1. The number of pyridine rings is 1. The van der Waals surface area contributed by atoms with Gasteiger partial charge in [-0.2, -0.15) is 0 Å². The van der Waals surface area contributed by atoms with E-state index in [9.17, 15) is 9.59 Å². The maximum absolute atomic E-state index is 13.0. The Balaban J connectivity index is 1.64. The molecule has 2 heterocycles. The van der Waals surface area contributed by atoms with E-state index in [1.165, 1.54) is 7.11 Å². The average Bonchev–Trinajstić information content (AvgIpc) is 2.87. The van der Waals surface area contributed by atoms with Crippen LogP contribution in [-0.2, 0) is 4.79 Å². The Hall–Kier alpha value is -3.62. The molecule has 0 aliphatic heterocycles. The zero-order valence-electron chi connectivity index (χ0n) is 21.5. The van der Waals surface area contributed by atoms with Gasteiger partial charge in [-0.15, -0.1) is 0 Å². The molecule has 0 atom stereocenters. The van der Waals surface area contributed by atoms with E-state index in [2.05, 4.69) is 29.1 Å². The van der Waals surface area contributed by atoms with Crippen LogP contribution in [0.4, 0.5) is 5.69 Å². The number of ketones is 1. The van der Waals surface area contributed by atoms with E-state index in [1.54, 1.807) is 32.5 Å². The van der Waals surface area contributed by atoms with Crippen LogP contribution in [0.3, 0.4) is 0 Å². The lowest BCUT2D eigenvalue weighted by Crippen LogP contribution is -2.30. The first kappa shape index (κ1) is 25.5. The van der Waals surface area contributed by atoms with Crippen LogP contribution in [0.25, 0.3) is 22.4 Å². The minimum absolute atomic E-state index is 0.136. The third-order valence-electron chi connectivity index (χ3n) is 6.68. The first-order valence-electron chi connectivity index (χ1n) is 12.3. The minimum Gasteiger partial charge on any atom is -0.497 e. The van der Waals surface area contributed by atoms with Crippen molar-refractivity contribution in [2.75, 3.05) is 26.6 Å². The number of hydrogen-bond acceptors (Lipinski definition) is 8. The number of aromatic nitrogens is 3. The fourth-order valence-electron chi connectivity index (χ4n) is 4.81. The van der Waals surface area contributed by atoms with Crippen molar-refractivity contribution >= 4 is 22.4 Å². The second-order valence-corrected chi connectivity index (χ2v) is 9.67. The van der Waals surface area contributed by atoms with Crippen molar-refractivity contribution in [2.24, 2.45) is 11.8 Å². The first-order chi connectivity index (χ1) is 17.3. The second-order valence-electron chi connectivity index (χ2n) is 9.67. The van der Waals surface area contributed by atoms with E-state index in [1.807, 2.05) is 6.07 Å². The van der Waals surface area contributed by atoms with Crippen LogP contribution in [0.2, 0.25) is 0 Å². The molecule has 192 valence electrons. The highest BCUT2D eigenvalue weighted by Gasteiger charge is 2.27. The van der Waals surface area contributed by atoms with Crippen LogP contribution in [0.5, 0.6) is 17.2 Å². The number of nitrogens with zero attached hydrogens (tertiary/aromatic N) is 2.